The van der Waals surface area contributed by atoms with Crippen LogP contribution in [0.2, 0.25) is 0 Å². The second kappa shape index (κ2) is 8.00. The van der Waals surface area contributed by atoms with Crippen molar-refractivity contribution in [3.8, 4) is 17.1 Å². The Kier molecular flexibility index (Phi) is 5.26. The highest BCUT2D eigenvalue weighted by molar-refractivity contribution is 7.99. The summed E-state index contributed by atoms with van der Waals surface area (Å²) in [5.74, 6) is -1.60. The molecule has 1 aliphatic rings. The lowest BCUT2D eigenvalue weighted by Gasteiger charge is -2.13. The van der Waals surface area contributed by atoms with Crippen LogP contribution in [0.5, 0.6) is 0 Å². The third-order valence-electron chi connectivity index (χ3n) is 4.30. The van der Waals surface area contributed by atoms with Crippen molar-refractivity contribution < 1.29 is 18.4 Å². The summed E-state index contributed by atoms with van der Waals surface area (Å²) < 4.78 is 29.4. The maximum atomic E-state index is 14.5. The third-order valence-corrected chi connectivity index (χ3v) is 5.21. The van der Waals surface area contributed by atoms with Crippen LogP contribution in [0.15, 0.2) is 53.7 Å². The van der Waals surface area contributed by atoms with E-state index in [1.165, 1.54) is 10.6 Å². The molecule has 4 rings (SSSR count). The Morgan fingerprint density at radius 1 is 1.14 bits per heavy atom. The minimum atomic E-state index is -0.783. The monoisotopic (exact) mass is 415 g/mol. The molecule has 3 aromatic rings. The first-order chi connectivity index (χ1) is 14.0. The van der Waals surface area contributed by atoms with Gasteiger partial charge >= 0.3 is 6.03 Å². The van der Waals surface area contributed by atoms with Gasteiger partial charge in [0, 0.05) is 24.7 Å². The van der Waals surface area contributed by atoms with Gasteiger partial charge in [0.15, 0.2) is 11.0 Å². The van der Waals surface area contributed by atoms with Gasteiger partial charge in [-0.05, 0) is 12.1 Å². The number of imide groups is 1. The zero-order valence-electron chi connectivity index (χ0n) is 15.0. The van der Waals surface area contributed by atoms with Crippen LogP contribution in [0.25, 0.3) is 17.1 Å². The van der Waals surface area contributed by atoms with E-state index < -0.39 is 17.7 Å². The van der Waals surface area contributed by atoms with Gasteiger partial charge in [0.25, 0.3) is 0 Å². The summed E-state index contributed by atoms with van der Waals surface area (Å²) in [4.78, 5) is 25.1. The number of nitrogens with one attached hydrogen (secondary N) is 1. The molecule has 1 fully saturated rings. The lowest BCUT2D eigenvalue weighted by Crippen LogP contribution is -2.35. The minimum absolute atomic E-state index is 0.0594. The normalized spacial score (nSPS) is 13.6. The van der Waals surface area contributed by atoms with Crippen LogP contribution in [-0.4, -0.2) is 50.4 Å². The van der Waals surface area contributed by atoms with Crippen LogP contribution in [0.3, 0.4) is 0 Å². The molecule has 1 saturated heterocycles. The molecule has 1 N–H and O–H groups in total. The SMILES string of the molecule is O=C(CSc1nnc(-c2ccccc2)n1-c1ccc(F)cc1F)N1CCNC1=O. The number of amides is 3. The summed E-state index contributed by atoms with van der Waals surface area (Å²) >= 11 is 1.03. The highest BCUT2D eigenvalue weighted by atomic mass is 32.2. The number of aromatic nitrogens is 3. The van der Waals surface area contributed by atoms with E-state index >= 15 is 0 Å². The van der Waals surface area contributed by atoms with E-state index in [0.717, 1.165) is 28.8 Å². The van der Waals surface area contributed by atoms with Crippen molar-refractivity contribution in [2.75, 3.05) is 18.8 Å². The molecule has 0 aliphatic carbocycles. The molecule has 0 bridgehead atoms. The number of carbonyl (C=O) groups is 2. The van der Waals surface area contributed by atoms with Crippen molar-refractivity contribution in [3.63, 3.8) is 0 Å². The highest BCUT2D eigenvalue weighted by Crippen LogP contribution is 2.29. The molecule has 0 saturated carbocycles. The van der Waals surface area contributed by atoms with Crippen molar-refractivity contribution in [3.05, 3.63) is 60.2 Å². The Balaban J connectivity index is 1.69. The molecule has 7 nitrogen and oxygen atoms in total. The van der Waals surface area contributed by atoms with Crippen LogP contribution >= 0.6 is 11.8 Å². The largest absolute Gasteiger partial charge is 0.336 e. The molecule has 0 atom stereocenters. The molecular formula is C19H15F2N5O2S. The van der Waals surface area contributed by atoms with Gasteiger partial charge in [-0.3, -0.25) is 14.3 Å². The quantitative estimate of drug-likeness (QED) is 0.649. The molecule has 29 heavy (non-hydrogen) atoms. The van der Waals surface area contributed by atoms with Crippen LogP contribution in [0.1, 0.15) is 0 Å². The number of benzene rings is 2. The second-order valence-corrected chi connectivity index (χ2v) is 7.11. The Morgan fingerprint density at radius 2 is 1.93 bits per heavy atom. The molecule has 0 radical (unpaired) electrons. The van der Waals surface area contributed by atoms with Gasteiger partial charge in [0.05, 0.1) is 11.4 Å². The van der Waals surface area contributed by atoms with Crippen molar-refractivity contribution in [1.82, 2.24) is 25.0 Å². The van der Waals surface area contributed by atoms with Crippen LogP contribution in [0, 0.1) is 11.6 Å². The van der Waals surface area contributed by atoms with Crippen LogP contribution in [0.4, 0.5) is 13.6 Å². The fourth-order valence-corrected chi connectivity index (χ4v) is 3.75. The van der Waals surface area contributed by atoms with Gasteiger partial charge in [-0.2, -0.15) is 0 Å². The van der Waals surface area contributed by atoms with Crippen LogP contribution in [-0.2, 0) is 4.79 Å². The van der Waals surface area contributed by atoms with Crippen molar-refractivity contribution in [2.45, 2.75) is 5.16 Å². The number of thioether (sulfide) groups is 1. The highest BCUT2D eigenvalue weighted by Gasteiger charge is 2.27. The van der Waals surface area contributed by atoms with E-state index in [-0.39, 0.29) is 22.5 Å². The van der Waals surface area contributed by atoms with E-state index in [0.29, 0.717) is 24.5 Å². The van der Waals surface area contributed by atoms with E-state index in [1.807, 2.05) is 6.07 Å². The molecule has 0 spiro atoms. The Labute approximate surface area is 168 Å². The molecule has 148 valence electrons. The third kappa shape index (κ3) is 3.83. The van der Waals surface area contributed by atoms with Crippen LogP contribution < -0.4 is 5.32 Å². The first-order valence-corrected chi connectivity index (χ1v) is 9.70. The van der Waals surface area contributed by atoms with Crippen molar-refractivity contribution >= 4 is 23.7 Å². The summed E-state index contributed by atoms with van der Waals surface area (Å²) in [6.07, 6.45) is 0. The number of nitrogens with zero attached hydrogens (tertiary/aromatic N) is 4. The second-order valence-electron chi connectivity index (χ2n) is 6.17. The van der Waals surface area contributed by atoms with Crippen molar-refractivity contribution in [1.29, 1.82) is 0 Å². The lowest BCUT2D eigenvalue weighted by atomic mass is 10.2. The Hall–Kier alpha value is -3.27. The summed E-state index contributed by atoms with van der Waals surface area (Å²) in [7, 11) is 0. The first kappa shape index (κ1) is 19.1. The molecule has 1 aliphatic heterocycles. The van der Waals surface area contributed by atoms with E-state index in [1.54, 1.807) is 24.3 Å². The zero-order chi connectivity index (χ0) is 20.4. The lowest BCUT2D eigenvalue weighted by molar-refractivity contribution is -0.124. The van der Waals surface area contributed by atoms with Gasteiger partial charge in [-0.1, -0.05) is 42.1 Å². The molecular weight excluding hydrogens is 400 g/mol. The summed E-state index contributed by atoms with van der Waals surface area (Å²) in [6, 6.07) is 11.8. The van der Waals surface area contributed by atoms with Gasteiger partial charge in [0.2, 0.25) is 5.91 Å². The Bertz CT molecular complexity index is 1070. The van der Waals surface area contributed by atoms with E-state index in [2.05, 4.69) is 15.5 Å². The van der Waals surface area contributed by atoms with E-state index in [9.17, 15) is 18.4 Å². The number of carbonyl (C=O) groups excluding carboxylic acids is 2. The smallest absolute Gasteiger partial charge is 0.324 e. The Morgan fingerprint density at radius 3 is 2.62 bits per heavy atom. The molecule has 1 aromatic heterocycles. The van der Waals surface area contributed by atoms with Gasteiger partial charge < -0.3 is 5.32 Å². The number of hydrogen-bond acceptors (Lipinski definition) is 5. The maximum Gasteiger partial charge on any atom is 0.324 e. The molecule has 2 aromatic carbocycles. The summed E-state index contributed by atoms with van der Waals surface area (Å²) in [5.41, 5.74) is 0.741. The van der Waals surface area contributed by atoms with Crippen molar-refractivity contribution in [2.24, 2.45) is 0 Å². The molecule has 10 heteroatoms. The number of halogens is 2. The van der Waals surface area contributed by atoms with Gasteiger partial charge in [-0.25, -0.2) is 13.6 Å². The molecule has 2 heterocycles. The molecule has 0 unspecified atom stereocenters. The number of hydrogen-bond donors (Lipinski definition) is 1. The number of rotatable bonds is 5. The molecule has 3 amide bonds. The summed E-state index contributed by atoms with van der Waals surface area (Å²) in [6.45, 7) is 0.705. The average Bonchev–Trinajstić information content (AvgIpc) is 3.33. The minimum Gasteiger partial charge on any atom is -0.336 e. The number of urea groups is 1. The standard InChI is InChI=1S/C19H15F2N5O2S/c20-13-6-7-15(14(21)10-13)26-17(12-4-2-1-3-5-12)23-24-19(26)29-11-16(27)25-9-8-22-18(25)28/h1-7,10H,8-9,11H2,(H,22,28). The fourth-order valence-electron chi connectivity index (χ4n) is 2.93. The fraction of sp³-hybridized carbons (Fsp3) is 0.158. The summed E-state index contributed by atoms with van der Waals surface area (Å²) in [5, 5.41) is 11.1. The predicted molar refractivity (Wildman–Crippen MR) is 103 cm³/mol. The van der Waals surface area contributed by atoms with Gasteiger partial charge in [-0.15, -0.1) is 10.2 Å². The maximum absolute atomic E-state index is 14.5. The van der Waals surface area contributed by atoms with E-state index in [4.69, 9.17) is 0 Å². The topological polar surface area (TPSA) is 80.1 Å². The average molecular weight is 415 g/mol. The zero-order valence-corrected chi connectivity index (χ0v) is 15.8. The predicted octanol–water partition coefficient (Wildman–Crippen LogP) is 2.86. The van der Waals surface area contributed by atoms with Gasteiger partial charge in [0.1, 0.15) is 11.6 Å². The first-order valence-electron chi connectivity index (χ1n) is 8.72.